The van der Waals surface area contributed by atoms with E-state index >= 15 is 0 Å². The maximum absolute atomic E-state index is 13.8. The number of nitrogens with zero attached hydrogens (tertiary/aromatic N) is 1. The summed E-state index contributed by atoms with van der Waals surface area (Å²) in [5.41, 5.74) is -0.205. The summed E-state index contributed by atoms with van der Waals surface area (Å²) < 4.78 is 65.1. The highest BCUT2D eigenvalue weighted by Crippen LogP contribution is 2.27. The maximum atomic E-state index is 13.8. The van der Waals surface area contributed by atoms with Crippen LogP contribution in [0.4, 0.5) is 13.2 Å². The van der Waals surface area contributed by atoms with Gasteiger partial charge in [0.2, 0.25) is 0 Å². The summed E-state index contributed by atoms with van der Waals surface area (Å²) in [6.07, 6.45) is 0.861. The number of pyridine rings is 1. The van der Waals surface area contributed by atoms with Gasteiger partial charge in [-0.2, -0.15) is 0 Å². The van der Waals surface area contributed by atoms with Gasteiger partial charge in [-0.15, -0.1) is 0 Å². The van der Waals surface area contributed by atoms with Gasteiger partial charge in [-0.05, 0) is 18.2 Å². The molecule has 17 heavy (non-hydrogen) atoms. The Balaban J connectivity index is 2.42. The minimum Gasteiger partial charge on any atom is -0.494 e. The van der Waals surface area contributed by atoms with E-state index in [0.717, 1.165) is 18.3 Å². The SMILES string of the molecule is [2H]C([2H])([2H])Oc1cc(F)c(-c2ccc(F)cn2)cc1F. The number of halogens is 3. The Kier molecular flexibility index (Phi) is 2.12. The van der Waals surface area contributed by atoms with Crippen LogP contribution in [0.25, 0.3) is 11.3 Å². The average molecular weight is 242 g/mol. The summed E-state index contributed by atoms with van der Waals surface area (Å²) in [6.45, 7) is 0. The van der Waals surface area contributed by atoms with Crippen molar-refractivity contribution >= 4 is 0 Å². The molecule has 0 unspecified atom stereocenters. The predicted octanol–water partition coefficient (Wildman–Crippen LogP) is 3.17. The van der Waals surface area contributed by atoms with E-state index in [1.807, 2.05) is 0 Å². The van der Waals surface area contributed by atoms with E-state index in [4.69, 9.17) is 4.11 Å². The van der Waals surface area contributed by atoms with Crippen molar-refractivity contribution < 1.29 is 22.0 Å². The molecule has 0 amide bonds. The lowest BCUT2D eigenvalue weighted by atomic mass is 10.1. The van der Waals surface area contributed by atoms with Crippen molar-refractivity contribution in [1.29, 1.82) is 0 Å². The zero-order chi connectivity index (χ0) is 14.9. The first-order valence-corrected chi connectivity index (χ1v) is 4.56. The van der Waals surface area contributed by atoms with Crippen molar-refractivity contribution in [3.63, 3.8) is 0 Å². The topological polar surface area (TPSA) is 22.1 Å². The van der Waals surface area contributed by atoms with E-state index in [1.165, 1.54) is 6.07 Å². The Bertz CT molecular complexity index is 629. The molecule has 2 aromatic rings. The number of hydrogen-bond donors (Lipinski definition) is 0. The Labute approximate surface area is 99.9 Å². The number of benzene rings is 1. The van der Waals surface area contributed by atoms with E-state index in [1.54, 1.807) is 0 Å². The van der Waals surface area contributed by atoms with Crippen LogP contribution in [0.3, 0.4) is 0 Å². The first-order valence-electron chi connectivity index (χ1n) is 6.06. The lowest BCUT2D eigenvalue weighted by Gasteiger charge is -2.06. The van der Waals surface area contributed by atoms with Crippen molar-refractivity contribution in [2.45, 2.75) is 0 Å². The third-order valence-electron chi connectivity index (χ3n) is 2.13. The highest BCUT2D eigenvalue weighted by atomic mass is 19.1. The van der Waals surface area contributed by atoms with Crippen LogP contribution >= 0.6 is 0 Å². The molecular formula is C12H8F3NO. The lowest BCUT2D eigenvalue weighted by Crippen LogP contribution is -1.94. The molecule has 0 fully saturated rings. The van der Waals surface area contributed by atoms with E-state index in [9.17, 15) is 13.2 Å². The van der Waals surface area contributed by atoms with Gasteiger partial charge in [0.05, 0.1) is 23.0 Å². The van der Waals surface area contributed by atoms with Crippen LogP contribution in [0.5, 0.6) is 5.75 Å². The van der Waals surface area contributed by atoms with Gasteiger partial charge in [-0.3, -0.25) is 4.98 Å². The van der Waals surface area contributed by atoms with E-state index in [0.29, 0.717) is 6.07 Å². The van der Waals surface area contributed by atoms with E-state index in [2.05, 4.69) is 9.72 Å². The maximum Gasteiger partial charge on any atom is 0.165 e. The predicted molar refractivity (Wildman–Crippen MR) is 56.1 cm³/mol. The zero-order valence-corrected chi connectivity index (χ0v) is 8.38. The Morgan fingerprint density at radius 1 is 1.18 bits per heavy atom. The number of hydrogen-bond acceptors (Lipinski definition) is 2. The Hall–Kier alpha value is -2.04. The van der Waals surface area contributed by atoms with E-state index in [-0.39, 0.29) is 11.3 Å². The fourth-order valence-electron chi connectivity index (χ4n) is 1.34. The standard InChI is InChI=1S/C12H8F3NO/c1-17-12-5-9(14)8(4-10(12)15)11-3-2-7(13)6-16-11/h2-6H,1H3/i1D3. The number of methoxy groups -OCH3 is 1. The zero-order valence-electron chi connectivity index (χ0n) is 11.4. The van der Waals surface area contributed by atoms with Gasteiger partial charge in [-0.25, -0.2) is 13.2 Å². The monoisotopic (exact) mass is 242 g/mol. The summed E-state index contributed by atoms with van der Waals surface area (Å²) in [4.78, 5) is 3.62. The highest BCUT2D eigenvalue weighted by molar-refractivity contribution is 5.61. The third kappa shape index (κ3) is 2.22. The molecule has 2 rings (SSSR count). The lowest BCUT2D eigenvalue weighted by molar-refractivity contribution is 0.383. The van der Waals surface area contributed by atoms with Crippen LogP contribution < -0.4 is 4.74 Å². The summed E-state index contributed by atoms with van der Waals surface area (Å²) in [6, 6.07) is 3.59. The Morgan fingerprint density at radius 2 is 2.00 bits per heavy atom. The van der Waals surface area contributed by atoms with E-state index < -0.39 is 30.2 Å². The van der Waals surface area contributed by atoms with Crippen molar-refractivity contribution in [2.24, 2.45) is 0 Å². The molecule has 1 heterocycles. The first-order chi connectivity index (χ1) is 9.26. The minimum atomic E-state index is -2.89. The molecule has 0 aliphatic rings. The number of rotatable bonds is 2. The molecule has 2 nitrogen and oxygen atoms in total. The smallest absolute Gasteiger partial charge is 0.165 e. The molecular weight excluding hydrogens is 231 g/mol. The van der Waals surface area contributed by atoms with Crippen LogP contribution in [0.2, 0.25) is 0 Å². The molecule has 0 bridgehead atoms. The molecule has 0 N–H and O–H groups in total. The number of aromatic nitrogens is 1. The second kappa shape index (κ2) is 4.45. The molecule has 1 aromatic heterocycles. The molecule has 0 radical (unpaired) electrons. The van der Waals surface area contributed by atoms with Gasteiger partial charge in [0.15, 0.2) is 11.6 Å². The van der Waals surface area contributed by atoms with Crippen LogP contribution in [0.15, 0.2) is 30.5 Å². The summed E-state index contributed by atoms with van der Waals surface area (Å²) in [5, 5.41) is 0. The first kappa shape index (κ1) is 8.11. The molecule has 0 aliphatic carbocycles. The Morgan fingerprint density at radius 3 is 2.65 bits per heavy atom. The van der Waals surface area contributed by atoms with Gasteiger partial charge in [0.25, 0.3) is 0 Å². The summed E-state index contributed by atoms with van der Waals surface area (Å²) in [7, 11) is -2.89. The molecule has 0 spiro atoms. The largest absolute Gasteiger partial charge is 0.494 e. The van der Waals surface area contributed by atoms with Gasteiger partial charge in [0, 0.05) is 11.6 Å². The normalized spacial score (nSPS) is 13.7. The summed E-state index contributed by atoms with van der Waals surface area (Å²) in [5.74, 6) is -3.32. The van der Waals surface area contributed by atoms with Crippen LogP contribution in [-0.2, 0) is 0 Å². The molecule has 0 saturated carbocycles. The molecule has 1 aromatic carbocycles. The van der Waals surface area contributed by atoms with Crippen LogP contribution in [0.1, 0.15) is 4.11 Å². The van der Waals surface area contributed by atoms with Crippen LogP contribution in [-0.4, -0.2) is 12.0 Å². The average Bonchev–Trinajstić information content (AvgIpc) is 2.33. The van der Waals surface area contributed by atoms with Gasteiger partial charge in [-0.1, -0.05) is 0 Å². The van der Waals surface area contributed by atoms with Gasteiger partial charge < -0.3 is 4.74 Å². The quantitative estimate of drug-likeness (QED) is 0.806. The van der Waals surface area contributed by atoms with Crippen molar-refractivity contribution in [3.05, 3.63) is 47.9 Å². The highest BCUT2D eigenvalue weighted by Gasteiger charge is 2.12. The fourth-order valence-corrected chi connectivity index (χ4v) is 1.34. The van der Waals surface area contributed by atoms with Crippen molar-refractivity contribution in [2.75, 3.05) is 7.04 Å². The second-order valence-electron chi connectivity index (χ2n) is 3.23. The van der Waals surface area contributed by atoms with Crippen molar-refractivity contribution in [3.8, 4) is 17.0 Å². The molecule has 5 heteroatoms. The minimum absolute atomic E-state index is 0.0169. The molecule has 0 saturated heterocycles. The van der Waals surface area contributed by atoms with Crippen LogP contribution in [0, 0.1) is 17.5 Å². The summed E-state index contributed by atoms with van der Waals surface area (Å²) >= 11 is 0. The molecule has 0 aliphatic heterocycles. The third-order valence-corrected chi connectivity index (χ3v) is 2.13. The fraction of sp³-hybridized carbons (Fsp3) is 0.0833. The molecule has 88 valence electrons. The van der Waals surface area contributed by atoms with Crippen molar-refractivity contribution in [1.82, 2.24) is 4.98 Å². The van der Waals surface area contributed by atoms with Gasteiger partial charge in [0.1, 0.15) is 11.6 Å². The molecule has 0 atom stereocenters. The number of ether oxygens (including phenoxy) is 1. The second-order valence-corrected chi connectivity index (χ2v) is 3.23. The van der Waals surface area contributed by atoms with Gasteiger partial charge >= 0.3 is 0 Å².